The molecular weight excluding hydrogens is 447 g/mol. The van der Waals surface area contributed by atoms with Gasteiger partial charge in [0.05, 0.1) is 19.8 Å². The van der Waals surface area contributed by atoms with E-state index in [-0.39, 0.29) is 17.1 Å². The highest BCUT2D eigenvalue weighted by molar-refractivity contribution is 9.10. The number of nitrogens with zero attached hydrogens (tertiary/aromatic N) is 1. The van der Waals surface area contributed by atoms with E-state index in [0.717, 1.165) is 7.11 Å². The van der Waals surface area contributed by atoms with Gasteiger partial charge in [0, 0.05) is 10.7 Å². The first-order chi connectivity index (χ1) is 13.1. The fourth-order valence-electron chi connectivity index (χ4n) is 2.26. The summed E-state index contributed by atoms with van der Waals surface area (Å²) in [5.41, 5.74) is -3.78. The van der Waals surface area contributed by atoms with Gasteiger partial charge in [0.15, 0.2) is 0 Å². The molecule has 0 radical (unpaired) electrons. The number of hydrogen-bond acceptors (Lipinski definition) is 6. The van der Waals surface area contributed by atoms with Crippen molar-refractivity contribution in [2.75, 3.05) is 19.5 Å². The van der Waals surface area contributed by atoms with Crippen LogP contribution in [0.2, 0.25) is 0 Å². The van der Waals surface area contributed by atoms with E-state index in [1.165, 1.54) is 49.7 Å². The molecular formula is C17H15BrF3N3O4. The van der Waals surface area contributed by atoms with E-state index in [0.29, 0.717) is 4.47 Å². The van der Waals surface area contributed by atoms with Crippen LogP contribution in [-0.4, -0.2) is 42.9 Å². The van der Waals surface area contributed by atoms with E-state index < -0.39 is 23.7 Å². The fourth-order valence-corrected chi connectivity index (χ4v) is 2.49. The quantitative estimate of drug-likeness (QED) is 0.507. The molecule has 150 valence electrons. The normalized spacial score (nSPS) is 13.2. The third-order valence-corrected chi connectivity index (χ3v) is 4.08. The maximum Gasteiger partial charge on any atom is 0.441 e. The van der Waals surface area contributed by atoms with E-state index in [1.807, 2.05) is 5.32 Å². The summed E-state index contributed by atoms with van der Waals surface area (Å²) in [4.78, 5) is 28.5. The summed E-state index contributed by atoms with van der Waals surface area (Å²) < 4.78 is 51.8. The summed E-state index contributed by atoms with van der Waals surface area (Å²) >= 11 is 3.11. The van der Waals surface area contributed by atoms with Crippen molar-refractivity contribution in [3.05, 3.63) is 52.6 Å². The Bertz CT molecular complexity index is 861. The van der Waals surface area contributed by atoms with Crippen molar-refractivity contribution >= 4 is 33.6 Å². The van der Waals surface area contributed by atoms with Crippen molar-refractivity contribution in [3.63, 3.8) is 0 Å². The maximum atomic E-state index is 14.0. The molecule has 0 spiro atoms. The number of methoxy groups -OCH3 is 2. The van der Waals surface area contributed by atoms with E-state index in [1.54, 1.807) is 5.32 Å². The number of amides is 1. The van der Waals surface area contributed by atoms with Gasteiger partial charge in [-0.15, -0.1) is 0 Å². The molecule has 0 aliphatic carbocycles. The number of rotatable bonds is 6. The molecule has 28 heavy (non-hydrogen) atoms. The summed E-state index contributed by atoms with van der Waals surface area (Å²) in [7, 11) is 2.03. The number of halogens is 4. The van der Waals surface area contributed by atoms with Crippen LogP contribution in [0.25, 0.3) is 0 Å². The first-order valence-electron chi connectivity index (χ1n) is 7.65. The Morgan fingerprint density at radius 3 is 2.32 bits per heavy atom. The van der Waals surface area contributed by atoms with Crippen LogP contribution < -0.4 is 15.4 Å². The summed E-state index contributed by atoms with van der Waals surface area (Å²) in [5.74, 6) is -3.26. The SMILES string of the molecule is COC(=O)[C@@](NC(=O)c1ccccc1OC)(Nc1ccc(Br)cn1)C(F)(F)F. The third kappa shape index (κ3) is 4.35. The monoisotopic (exact) mass is 461 g/mol. The molecule has 2 aromatic rings. The number of ether oxygens (including phenoxy) is 2. The fraction of sp³-hybridized carbons (Fsp3) is 0.235. The van der Waals surface area contributed by atoms with Gasteiger partial charge in [0.25, 0.3) is 5.91 Å². The van der Waals surface area contributed by atoms with Crippen LogP contribution in [0.15, 0.2) is 47.1 Å². The van der Waals surface area contributed by atoms with Crippen LogP contribution in [-0.2, 0) is 9.53 Å². The third-order valence-electron chi connectivity index (χ3n) is 3.61. The Hall–Kier alpha value is -2.82. The van der Waals surface area contributed by atoms with Crippen molar-refractivity contribution < 1.29 is 32.2 Å². The number of anilines is 1. The van der Waals surface area contributed by atoms with Gasteiger partial charge >= 0.3 is 17.8 Å². The van der Waals surface area contributed by atoms with Crippen molar-refractivity contribution in [2.24, 2.45) is 0 Å². The minimum absolute atomic E-state index is 0.0303. The second-order valence-electron chi connectivity index (χ2n) is 5.38. The average Bonchev–Trinajstić information content (AvgIpc) is 2.67. The number of pyridine rings is 1. The van der Waals surface area contributed by atoms with Crippen LogP contribution in [0, 0.1) is 0 Å². The molecule has 1 atom stereocenters. The Morgan fingerprint density at radius 2 is 1.79 bits per heavy atom. The highest BCUT2D eigenvalue weighted by Gasteiger charge is 2.63. The largest absolute Gasteiger partial charge is 0.496 e. The number of para-hydroxylation sites is 1. The van der Waals surface area contributed by atoms with Gasteiger partial charge < -0.3 is 20.1 Å². The van der Waals surface area contributed by atoms with Gasteiger partial charge in [-0.25, -0.2) is 9.78 Å². The summed E-state index contributed by atoms with van der Waals surface area (Å²) in [6, 6.07) is 8.24. The zero-order chi connectivity index (χ0) is 20.9. The molecule has 1 aromatic heterocycles. The molecule has 1 aromatic carbocycles. The zero-order valence-electron chi connectivity index (χ0n) is 14.6. The van der Waals surface area contributed by atoms with E-state index in [9.17, 15) is 22.8 Å². The number of carbonyl (C=O) groups excluding carboxylic acids is 2. The van der Waals surface area contributed by atoms with Crippen molar-refractivity contribution in [1.29, 1.82) is 0 Å². The van der Waals surface area contributed by atoms with Crippen molar-refractivity contribution in [2.45, 2.75) is 11.8 Å². The molecule has 2 rings (SSSR count). The molecule has 0 bridgehead atoms. The summed E-state index contributed by atoms with van der Waals surface area (Å²) in [6.07, 6.45) is -4.05. The van der Waals surface area contributed by atoms with Crippen LogP contribution >= 0.6 is 15.9 Å². The lowest BCUT2D eigenvalue weighted by Gasteiger charge is -2.34. The van der Waals surface area contributed by atoms with Crippen LogP contribution in [0.1, 0.15) is 10.4 Å². The van der Waals surface area contributed by atoms with Crippen LogP contribution in [0.5, 0.6) is 5.75 Å². The Morgan fingerprint density at radius 1 is 1.11 bits per heavy atom. The van der Waals surface area contributed by atoms with Gasteiger partial charge in [0.1, 0.15) is 11.6 Å². The number of alkyl halides is 3. The summed E-state index contributed by atoms with van der Waals surface area (Å²) in [6.45, 7) is 0. The van der Waals surface area contributed by atoms with Crippen LogP contribution in [0.4, 0.5) is 19.0 Å². The smallest absolute Gasteiger partial charge is 0.441 e. The number of aromatic nitrogens is 1. The maximum absolute atomic E-state index is 14.0. The Labute approximate surface area is 166 Å². The molecule has 0 aliphatic rings. The molecule has 0 saturated heterocycles. The topological polar surface area (TPSA) is 89.5 Å². The lowest BCUT2D eigenvalue weighted by molar-refractivity contribution is -0.203. The molecule has 1 amide bonds. The molecule has 0 fully saturated rings. The average molecular weight is 462 g/mol. The second kappa shape index (κ2) is 8.46. The van der Waals surface area contributed by atoms with E-state index >= 15 is 0 Å². The Balaban J connectivity index is 2.51. The highest BCUT2D eigenvalue weighted by Crippen LogP contribution is 2.33. The lowest BCUT2D eigenvalue weighted by atomic mass is 10.1. The Kier molecular flexibility index (Phi) is 6.49. The number of hydrogen-bond donors (Lipinski definition) is 2. The predicted octanol–water partition coefficient (Wildman–Crippen LogP) is 3.13. The molecule has 1 heterocycles. The highest BCUT2D eigenvalue weighted by atomic mass is 79.9. The van der Waals surface area contributed by atoms with Gasteiger partial charge in [-0.3, -0.25) is 4.79 Å². The minimum Gasteiger partial charge on any atom is -0.496 e. The number of nitrogens with one attached hydrogen (secondary N) is 2. The minimum atomic E-state index is -5.27. The summed E-state index contributed by atoms with van der Waals surface area (Å²) in [5, 5.41) is 3.64. The predicted molar refractivity (Wildman–Crippen MR) is 96.8 cm³/mol. The van der Waals surface area contributed by atoms with Gasteiger partial charge in [0.2, 0.25) is 0 Å². The first-order valence-corrected chi connectivity index (χ1v) is 8.44. The van der Waals surface area contributed by atoms with Crippen LogP contribution in [0.3, 0.4) is 0 Å². The number of benzene rings is 1. The van der Waals surface area contributed by atoms with Gasteiger partial charge in [-0.05, 0) is 40.2 Å². The molecule has 0 saturated carbocycles. The molecule has 0 aliphatic heterocycles. The van der Waals surface area contributed by atoms with Gasteiger partial charge in [-0.1, -0.05) is 12.1 Å². The molecule has 0 unspecified atom stereocenters. The van der Waals surface area contributed by atoms with Crippen molar-refractivity contribution in [1.82, 2.24) is 10.3 Å². The molecule has 2 N–H and O–H groups in total. The first kappa shape index (κ1) is 21.5. The van der Waals surface area contributed by atoms with E-state index in [4.69, 9.17) is 4.74 Å². The second-order valence-corrected chi connectivity index (χ2v) is 6.30. The lowest BCUT2D eigenvalue weighted by Crippen LogP contribution is -2.69. The van der Waals surface area contributed by atoms with Gasteiger partial charge in [-0.2, -0.15) is 13.2 Å². The number of carbonyl (C=O) groups is 2. The van der Waals surface area contributed by atoms with E-state index in [2.05, 4.69) is 25.7 Å². The number of esters is 1. The van der Waals surface area contributed by atoms with Crippen molar-refractivity contribution in [3.8, 4) is 5.75 Å². The molecule has 7 nitrogen and oxygen atoms in total. The zero-order valence-corrected chi connectivity index (χ0v) is 16.2. The molecule has 11 heteroatoms. The standard InChI is InChI=1S/C17H15BrF3N3O4/c1-27-12-6-4-3-5-11(12)14(25)24-16(15(26)28-2,17(19,20)21)23-13-8-7-10(18)9-22-13/h3-9H,1-2H3,(H,22,23)(H,24,25)/t16-/m0/s1.